The number of nitrogens with zero attached hydrogens (tertiary/aromatic N) is 1. The van der Waals surface area contributed by atoms with Gasteiger partial charge in [0.1, 0.15) is 5.82 Å². The first-order chi connectivity index (χ1) is 8.74. The molecule has 0 unspecified atom stereocenters. The first-order valence-electron chi connectivity index (χ1n) is 5.91. The Morgan fingerprint density at radius 2 is 2.28 bits per heavy atom. The largest absolute Gasteiger partial charge is 0.491 e. The minimum Gasteiger partial charge on any atom is -0.491 e. The van der Waals surface area contributed by atoms with Crippen LogP contribution in [0.4, 0.5) is 4.39 Å². The van der Waals surface area contributed by atoms with Crippen LogP contribution in [-0.4, -0.2) is 23.1 Å². The van der Waals surface area contributed by atoms with Crippen molar-refractivity contribution in [1.29, 1.82) is 0 Å². The van der Waals surface area contributed by atoms with Crippen LogP contribution in [0.1, 0.15) is 12.7 Å². The van der Waals surface area contributed by atoms with Crippen molar-refractivity contribution in [3.8, 4) is 17.0 Å². The maximum absolute atomic E-state index is 13.7. The Kier molecular flexibility index (Phi) is 3.94. The summed E-state index contributed by atoms with van der Waals surface area (Å²) in [4.78, 5) is 7.29. The molecule has 1 heterocycles. The van der Waals surface area contributed by atoms with Crippen LogP contribution in [0, 0.1) is 5.82 Å². The minimum absolute atomic E-state index is 0.267. The molecule has 2 rings (SSSR count). The highest BCUT2D eigenvalue weighted by Crippen LogP contribution is 2.24. The highest BCUT2D eigenvalue weighted by atomic mass is 19.1. The number of halogens is 1. The topological polar surface area (TPSA) is 63.9 Å². The van der Waals surface area contributed by atoms with Crippen LogP contribution in [-0.2, 0) is 6.42 Å². The van der Waals surface area contributed by atoms with Gasteiger partial charge in [0.15, 0.2) is 11.6 Å². The second-order valence-electron chi connectivity index (χ2n) is 3.86. The lowest BCUT2D eigenvalue weighted by molar-refractivity contribution is 0.321. The zero-order valence-electron chi connectivity index (χ0n) is 10.2. The predicted molar refractivity (Wildman–Crippen MR) is 67.9 cm³/mol. The van der Waals surface area contributed by atoms with Crippen molar-refractivity contribution < 1.29 is 9.13 Å². The molecule has 96 valence electrons. The summed E-state index contributed by atoms with van der Waals surface area (Å²) >= 11 is 0. The van der Waals surface area contributed by atoms with Gasteiger partial charge in [-0.1, -0.05) is 0 Å². The van der Waals surface area contributed by atoms with E-state index in [1.807, 2.05) is 6.92 Å². The van der Waals surface area contributed by atoms with Gasteiger partial charge in [0.2, 0.25) is 0 Å². The van der Waals surface area contributed by atoms with Crippen LogP contribution >= 0.6 is 0 Å². The summed E-state index contributed by atoms with van der Waals surface area (Å²) in [6.07, 6.45) is 2.36. The third-order valence-electron chi connectivity index (χ3n) is 2.55. The molecule has 0 bridgehead atoms. The van der Waals surface area contributed by atoms with Gasteiger partial charge in [-0.2, -0.15) is 0 Å². The van der Waals surface area contributed by atoms with Crippen LogP contribution in [0.5, 0.6) is 5.75 Å². The number of nitrogens with two attached hydrogens (primary N) is 1. The fourth-order valence-corrected chi connectivity index (χ4v) is 1.71. The van der Waals surface area contributed by atoms with Crippen LogP contribution in [0.3, 0.4) is 0 Å². The summed E-state index contributed by atoms with van der Waals surface area (Å²) in [5, 5.41) is 0. The zero-order chi connectivity index (χ0) is 13.0. The van der Waals surface area contributed by atoms with E-state index in [9.17, 15) is 4.39 Å². The lowest BCUT2D eigenvalue weighted by Crippen LogP contribution is -2.03. The van der Waals surface area contributed by atoms with E-state index in [0.717, 1.165) is 17.1 Å². The Morgan fingerprint density at radius 3 is 2.94 bits per heavy atom. The maximum Gasteiger partial charge on any atom is 0.165 e. The Bertz CT molecular complexity index is 525. The van der Waals surface area contributed by atoms with Gasteiger partial charge in [0.25, 0.3) is 0 Å². The molecule has 0 saturated carbocycles. The summed E-state index contributed by atoms with van der Waals surface area (Å²) in [6, 6.07) is 4.86. The third-order valence-corrected chi connectivity index (χ3v) is 2.55. The lowest BCUT2D eigenvalue weighted by Gasteiger charge is -2.05. The van der Waals surface area contributed by atoms with Gasteiger partial charge in [-0.25, -0.2) is 9.37 Å². The molecule has 0 aliphatic carbocycles. The molecule has 0 aliphatic heterocycles. The number of rotatable bonds is 5. The molecule has 18 heavy (non-hydrogen) atoms. The Morgan fingerprint density at radius 1 is 1.44 bits per heavy atom. The summed E-state index contributed by atoms with van der Waals surface area (Å²) in [5.41, 5.74) is 6.97. The molecular formula is C13H16FN3O. The number of ether oxygens (including phenoxy) is 1. The SMILES string of the molecule is CCOc1ccc(-c2cnc(CCN)[nH]2)cc1F. The first kappa shape index (κ1) is 12.6. The summed E-state index contributed by atoms with van der Waals surface area (Å²) in [6.45, 7) is 2.80. The van der Waals surface area contributed by atoms with Gasteiger partial charge in [0.05, 0.1) is 18.5 Å². The molecule has 5 heteroatoms. The number of aromatic nitrogens is 2. The molecule has 2 aromatic rings. The number of benzene rings is 1. The molecule has 1 aromatic carbocycles. The van der Waals surface area contributed by atoms with Crippen molar-refractivity contribution in [1.82, 2.24) is 9.97 Å². The Hall–Kier alpha value is -1.88. The quantitative estimate of drug-likeness (QED) is 0.853. The lowest BCUT2D eigenvalue weighted by atomic mass is 10.1. The van der Waals surface area contributed by atoms with Gasteiger partial charge >= 0.3 is 0 Å². The standard InChI is InChI=1S/C13H16FN3O/c1-2-18-12-4-3-9(7-10(12)14)11-8-16-13(17-11)5-6-15/h3-4,7-8H,2,5-6,15H2,1H3,(H,16,17). The van der Waals surface area contributed by atoms with Crippen LogP contribution in [0.25, 0.3) is 11.3 Å². The molecule has 0 radical (unpaired) electrons. The van der Waals surface area contributed by atoms with E-state index in [1.165, 1.54) is 6.07 Å². The van der Waals surface area contributed by atoms with E-state index in [-0.39, 0.29) is 11.6 Å². The first-order valence-corrected chi connectivity index (χ1v) is 5.91. The number of hydrogen-bond donors (Lipinski definition) is 2. The molecule has 0 amide bonds. The number of aromatic amines is 1. The number of hydrogen-bond acceptors (Lipinski definition) is 3. The average Bonchev–Trinajstić information content (AvgIpc) is 2.81. The van der Waals surface area contributed by atoms with Gasteiger partial charge < -0.3 is 15.5 Å². The molecule has 1 aromatic heterocycles. The smallest absolute Gasteiger partial charge is 0.165 e. The highest BCUT2D eigenvalue weighted by molar-refractivity contribution is 5.59. The van der Waals surface area contributed by atoms with Crippen molar-refractivity contribution in [2.24, 2.45) is 5.73 Å². The molecule has 0 aliphatic rings. The molecule has 3 N–H and O–H groups in total. The fraction of sp³-hybridized carbons (Fsp3) is 0.308. The monoisotopic (exact) mass is 249 g/mol. The Labute approximate surface area is 105 Å². The fourth-order valence-electron chi connectivity index (χ4n) is 1.71. The summed E-state index contributed by atoms with van der Waals surface area (Å²) < 4.78 is 18.9. The van der Waals surface area contributed by atoms with Gasteiger partial charge in [-0.15, -0.1) is 0 Å². The average molecular weight is 249 g/mol. The van der Waals surface area contributed by atoms with E-state index in [1.54, 1.807) is 18.3 Å². The van der Waals surface area contributed by atoms with Gasteiger partial charge in [-0.3, -0.25) is 0 Å². The third kappa shape index (κ3) is 2.68. The highest BCUT2D eigenvalue weighted by Gasteiger charge is 2.08. The van der Waals surface area contributed by atoms with E-state index >= 15 is 0 Å². The second-order valence-corrected chi connectivity index (χ2v) is 3.86. The van der Waals surface area contributed by atoms with Crippen molar-refractivity contribution in [2.75, 3.05) is 13.2 Å². The number of imidazole rings is 1. The minimum atomic E-state index is -0.371. The number of nitrogens with one attached hydrogen (secondary N) is 1. The Balaban J connectivity index is 2.24. The van der Waals surface area contributed by atoms with Crippen LogP contribution in [0.15, 0.2) is 24.4 Å². The molecule has 0 atom stereocenters. The predicted octanol–water partition coefficient (Wildman–Crippen LogP) is 2.12. The van der Waals surface area contributed by atoms with Crippen molar-refractivity contribution >= 4 is 0 Å². The molecule has 0 fully saturated rings. The second kappa shape index (κ2) is 5.64. The summed E-state index contributed by atoms with van der Waals surface area (Å²) in [5.74, 6) is 0.703. The normalized spacial score (nSPS) is 10.6. The van der Waals surface area contributed by atoms with E-state index in [4.69, 9.17) is 10.5 Å². The van der Waals surface area contributed by atoms with Gasteiger partial charge in [-0.05, 0) is 31.7 Å². The zero-order valence-corrected chi connectivity index (χ0v) is 10.2. The van der Waals surface area contributed by atoms with Crippen molar-refractivity contribution in [2.45, 2.75) is 13.3 Å². The van der Waals surface area contributed by atoms with Gasteiger partial charge in [0, 0.05) is 12.0 Å². The molecule has 0 spiro atoms. The number of H-pyrrole nitrogens is 1. The maximum atomic E-state index is 13.7. The molecular weight excluding hydrogens is 233 g/mol. The van der Waals surface area contributed by atoms with E-state index in [0.29, 0.717) is 19.6 Å². The van der Waals surface area contributed by atoms with Crippen molar-refractivity contribution in [3.05, 3.63) is 36.0 Å². The van der Waals surface area contributed by atoms with Crippen LogP contribution < -0.4 is 10.5 Å². The van der Waals surface area contributed by atoms with E-state index in [2.05, 4.69) is 9.97 Å². The summed E-state index contributed by atoms with van der Waals surface area (Å²) in [7, 11) is 0. The van der Waals surface area contributed by atoms with E-state index < -0.39 is 0 Å². The molecule has 4 nitrogen and oxygen atoms in total. The van der Waals surface area contributed by atoms with Crippen LogP contribution in [0.2, 0.25) is 0 Å². The molecule has 0 saturated heterocycles. The van der Waals surface area contributed by atoms with Crippen molar-refractivity contribution in [3.63, 3.8) is 0 Å².